The van der Waals surface area contributed by atoms with Crippen molar-refractivity contribution in [2.75, 3.05) is 32.1 Å². The lowest BCUT2D eigenvalue weighted by Crippen LogP contribution is -2.54. The summed E-state index contributed by atoms with van der Waals surface area (Å²) >= 11 is 1.38. The highest BCUT2D eigenvalue weighted by molar-refractivity contribution is 7.93. The second-order valence-corrected chi connectivity index (χ2v) is 10.1. The average Bonchev–Trinajstić information content (AvgIpc) is 3.07. The highest BCUT2D eigenvalue weighted by Gasteiger charge is 2.46. The second kappa shape index (κ2) is 7.84. The van der Waals surface area contributed by atoms with Gasteiger partial charge < -0.3 is 14.7 Å². The van der Waals surface area contributed by atoms with Crippen molar-refractivity contribution in [3.63, 3.8) is 0 Å². The first-order chi connectivity index (χ1) is 11.6. The molecule has 140 valence electrons. The third-order valence-corrected chi connectivity index (χ3v) is 7.86. The van der Waals surface area contributed by atoms with Gasteiger partial charge in [-0.25, -0.2) is 8.42 Å². The van der Waals surface area contributed by atoms with Crippen molar-refractivity contribution in [2.24, 2.45) is 5.92 Å². The third-order valence-electron chi connectivity index (χ3n) is 4.39. The van der Waals surface area contributed by atoms with Crippen LogP contribution in [0.4, 0.5) is 0 Å². The van der Waals surface area contributed by atoms with Crippen molar-refractivity contribution in [1.82, 2.24) is 4.90 Å². The van der Waals surface area contributed by atoms with Crippen LogP contribution in [0.2, 0.25) is 0 Å². The Labute approximate surface area is 151 Å². The molecule has 1 aromatic heterocycles. The molecule has 1 N–H and O–H groups in total. The van der Waals surface area contributed by atoms with Crippen LogP contribution in [0.5, 0.6) is 0 Å². The minimum atomic E-state index is -3.96. The summed E-state index contributed by atoms with van der Waals surface area (Å²) in [6.45, 7) is 4.13. The molecular formula is C16H23NO6S2. The molecule has 7 nitrogen and oxygen atoms in total. The van der Waals surface area contributed by atoms with Crippen LogP contribution in [0, 0.1) is 5.92 Å². The monoisotopic (exact) mass is 389 g/mol. The van der Waals surface area contributed by atoms with E-state index >= 15 is 0 Å². The van der Waals surface area contributed by atoms with Gasteiger partial charge in [0.25, 0.3) is 0 Å². The number of nitrogens with zero attached hydrogens (tertiary/aromatic N) is 1. The number of hydrogen-bond donors (Lipinski definition) is 1. The minimum Gasteiger partial charge on any atom is -0.481 e. The molecule has 0 radical (unpaired) electrons. The van der Waals surface area contributed by atoms with Gasteiger partial charge in [-0.15, -0.1) is 11.3 Å². The van der Waals surface area contributed by atoms with Crippen LogP contribution in [0.15, 0.2) is 17.5 Å². The Morgan fingerprint density at radius 2 is 2.00 bits per heavy atom. The van der Waals surface area contributed by atoms with Gasteiger partial charge in [-0.1, -0.05) is 6.07 Å². The van der Waals surface area contributed by atoms with Crippen LogP contribution in [0.3, 0.4) is 0 Å². The quantitative estimate of drug-likeness (QED) is 0.748. The predicted octanol–water partition coefficient (Wildman–Crippen LogP) is 1.04. The van der Waals surface area contributed by atoms with Crippen molar-refractivity contribution in [1.29, 1.82) is 0 Å². The van der Waals surface area contributed by atoms with Gasteiger partial charge in [-0.05, 0) is 31.7 Å². The maximum Gasteiger partial charge on any atom is 0.307 e. The Morgan fingerprint density at radius 3 is 2.52 bits per heavy atom. The van der Waals surface area contributed by atoms with Crippen molar-refractivity contribution in [3.05, 3.63) is 22.4 Å². The number of aliphatic carboxylic acids is 1. The zero-order valence-corrected chi connectivity index (χ0v) is 15.9. The molecule has 0 spiro atoms. The summed E-state index contributed by atoms with van der Waals surface area (Å²) < 4.78 is 29.2. The van der Waals surface area contributed by atoms with Crippen LogP contribution in [-0.4, -0.2) is 67.1 Å². The Kier molecular flexibility index (Phi) is 6.23. The Morgan fingerprint density at radius 1 is 1.36 bits per heavy atom. The zero-order valence-electron chi connectivity index (χ0n) is 14.3. The standard InChI is InChI=1S/C16H23NO6S2/c1-16(2,15(20)17-5-7-23-8-6-17)25(21,22)11-12(14(18)19)10-13-4-3-9-24-13/h3-4,9,12H,5-8,10-11H2,1-2H3,(H,18,19)/t12-/m0/s1. The van der Waals surface area contributed by atoms with Gasteiger partial charge in [0.2, 0.25) is 5.91 Å². The highest BCUT2D eigenvalue weighted by Crippen LogP contribution is 2.25. The van der Waals surface area contributed by atoms with Crippen molar-refractivity contribution in [3.8, 4) is 0 Å². The SMILES string of the molecule is CC(C)(C(=O)N1CCOCC1)S(=O)(=O)C[C@H](Cc1cccs1)C(=O)O. The molecule has 1 aliphatic heterocycles. The molecule has 1 saturated heterocycles. The van der Waals surface area contributed by atoms with Gasteiger partial charge in [0.05, 0.1) is 24.9 Å². The summed E-state index contributed by atoms with van der Waals surface area (Å²) in [6.07, 6.45) is 0.133. The zero-order chi connectivity index (χ0) is 18.7. The summed E-state index contributed by atoms with van der Waals surface area (Å²) in [6, 6.07) is 3.57. The number of carbonyl (C=O) groups is 2. The van der Waals surface area contributed by atoms with Crippen LogP contribution in [0.1, 0.15) is 18.7 Å². The third kappa shape index (κ3) is 4.59. The maximum absolute atomic E-state index is 12.8. The molecule has 1 aromatic rings. The number of sulfone groups is 1. The number of ether oxygens (including phenoxy) is 1. The lowest BCUT2D eigenvalue weighted by Gasteiger charge is -2.34. The molecule has 9 heteroatoms. The van der Waals surface area contributed by atoms with Crippen LogP contribution >= 0.6 is 11.3 Å². The number of amides is 1. The summed E-state index contributed by atoms with van der Waals surface area (Å²) in [5.41, 5.74) is 0. The second-order valence-electron chi connectivity index (χ2n) is 6.51. The molecule has 1 fully saturated rings. The number of carboxylic acids is 1. The molecule has 1 atom stereocenters. The average molecular weight is 389 g/mol. The molecule has 1 aliphatic rings. The van der Waals surface area contributed by atoms with Gasteiger partial charge in [0, 0.05) is 18.0 Å². The normalized spacial score (nSPS) is 17.3. The van der Waals surface area contributed by atoms with Crippen LogP contribution in [-0.2, 0) is 30.6 Å². The largest absolute Gasteiger partial charge is 0.481 e. The van der Waals surface area contributed by atoms with Gasteiger partial charge in [0.1, 0.15) is 4.75 Å². The van der Waals surface area contributed by atoms with E-state index in [4.69, 9.17) is 4.74 Å². The first-order valence-corrected chi connectivity index (χ1v) is 10.5. The Bertz CT molecular complexity index is 705. The van der Waals surface area contributed by atoms with Crippen LogP contribution < -0.4 is 0 Å². The lowest BCUT2D eigenvalue weighted by molar-refractivity contribution is -0.141. The number of carboxylic acid groups (broad SMARTS) is 1. The maximum atomic E-state index is 12.8. The number of rotatable bonds is 7. The van der Waals surface area contributed by atoms with Gasteiger partial charge in [-0.2, -0.15) is 0 Å². The van der Waals surface area contributed by atoms with Crippen molar-refractivity contribution in [2.45, 2.75) is 25.0 Å². The van der Waals surface area contributed by atoms with E-state index in [1.807, 2.05) is 5.38 Å². The van der Waals surface area contributed by atoms with E-state index in [2.05, 4.69) is 0 Å². The van der Waals surface area contributed by atoms with Gasteiger partial charge in [0.15, 0.2) is 9.84 Å². The minimum absolute atomic E-state index is 0.133. The fraction of sp³-hybridized carbons (Fsp3) is 0.625. The van der Waals surface area contributed by atoms with E-state index in [0.29, 0.717) is 26.3 Å². The molecule has 0 aromatic carbocycles. The number of thiophene rings is 1. The van der Waals surface area contributed by atoms with Crippen LogP contribution in [0.25, 0.3) is 0 Å². The Hall–Kier alpha value is -1.45. The smallest absolute Gasteiger partial charge is 0.307 e. The topological polar surface area (TPSA) is 101 Å². The van der Waals surface area contributed by atoms with E-state index in [0.717, 1.165) is 4.88 Å². The fourth-order valence-electron chi connectivity index (χ4n) is 2.64. The molecule has 1 amide bonds. The summed E-state index contributed by atoms with van der Waals surface area (Å²) in [7, 11) is -3.96. The summed E-state index contributed by atoms with van der Waals surface area (Å²) in [5, 5.41) is 11.2. The highest BCUT2D eigenvalue weighted by atomic mass is 32.2. The number of carbonyl (C=O) groups excluding carboxylic acids is 1. The van der Waals surface area contributed by atoms with Crippen molar-refractivity contribution < 1.29 is 27.9 Å². The van der Waals surface area contributed by atoms with E-state index in [-0.39, 0.29) is 6.42 Å². The molecule has 0 unspecified atom stereocenters. The molecular weight excluding hydrogens is 366 g/mol. The predicted molar refractivity (Wildman–Crippen MR) is 94.4 cm³/mol. The van der Waals surface area contributed by atoms with Gasteiger partial charge >= 0.3 is 5.97 Å². The first kappa shape index (κ1) is 19.9. The molecule has 2 rings (SSSR count). The molecule has 0 aliphatic carbocycles. The molecule has 2 heterocycles. The van der Waals surface area contributed by atoms with Gasteiger partial charge in [-0.3, -0.25) is 9.59 Å². The Balaban J connectivity index is 2.16. The van der Waals surface area contributed by atoms with E-state index in [1.54, 1.807) is 12.1 Å². The number of morpholine rings is 1. The van der Waals surface area contributed by atoms with E-state index in [9.17, 15) is 23.1 Å². The van der Waals surface area contributed by atoms with Crippen molar-refractivity contribution >= 4 is 33.1 Å². The summed E-state index contributed by atoms with van der Waals surface area (Å²) in [5.74, 6) is -3.33. The van der Waals surface area contributed by atoms with E-state index in [1.165, 1.54) is 30.1 Å². The number of hydrogen-bond acceptors (Lipinski definition) is 6. The first-order valence-electron chi connectivity index (χ1n) is 8.00. The fourth-order valence-corrected chi connectivity index (χ4v) is 5.03. The summed E-state index contributed by atoms with van der Waals surface area (Å²) in [4.78, 5) is 26.5. The molecule has 25 heavy (non-hydrogen) atoms. The molecule has 0 saturated carbocycles. The van der Waals surface area contributed by atoms with E-state index < -0.39 is 38.1 Å². The molecule has 0 bridgehead atoms. The lowest BCUT2D eigenvalue weighted by atomic mass is 10.1.